The van der Waals surface area contributed by atoms with Crippen LogP contribution in [0.2, 0.25) is 0 Å². The number of rotatable bonds is 5. The van der Waals surface area contributed by atoms with Gasteiger partial charge in [0.05, 0.1) is 5.69 Å². The summed E-state index contributed by atoms with van der Waals surface area (Å²) in [4.78, 5) is 11.1. The van der Waals surface area contributed by atoms with Crippen molar-refractivity contribution in [1.82, 2.24) is 0 Å². The van der Waals surface area contributed by atoms with E-state index in [0.29, 0.717) is 11.4 Å². The molecule has 0 amide bonds. The van der Waals surface area contributed by atoms with Crippen LogP contribution in [0.3, 0.4) is 0 Å². The van der Waals surface area contributed by atoms with Crippen LogP contribution in [-0.4, -0.2) is 0 Å². The quantitative estimate of drug-likeness (QED) is 0.603. The lowest BCUT2D eigenvalue weighted by Gasteiger charge is -2.11. The van der Waals surface area contributed by atoms with Gasteiger partial charge in [-0.25, -0.2) is 0 Å². The molecule has 0 aliphatic heterocycles. The van der Waals surface area contributed by atoms with Crippen molar-refractivity contribution in [3.8, 4) is 0 Å². The van der Waals surface area contributed by atoms with E-state index in [9.17, 15) is 4.91 Å². The van der Waals surface area contributed by atoms with Gasteiger partial charge in [0.1, 0.15) is 5.69 Å². The van der Waals surface area contributed by atoms with Gasteiger partial charge in [0, 0.05) is 17.1 Å². The monoisotopic (exact) mass is 289 g/mol. The third-order valence-electron chi connectivity index (χ3n) is 3.21. The number of nitrogens with one attached hydrogen (secondary N) is 2. The highest BCUT2D eigenvalue weighted by atomic mass is 16.3. The molecule has 2 N–H and O–H groups in total. The van der Waals surface area contributed by atoms with Gasteiger partial charge in [0.15, 0.2) is 0 Å². The Morgan fingerprint density at radius 1 is 0.636 bits per heavy atom. The SMILES string of the molecule is O=Nc1cc(Nc2ccccc2)ccc1Nc1ccccc1. The van der Waals surface area contributed by atoms with Crippen LogP contribution in [0, 0.1) is 4.91 Å². The second kappa shape index (κ2) is 6.54. The fraction of sp³-hybridized carbons (Fsp3) is 0. The molecule has 0 bridgehead atoms. The molecule has 3 rings (SSSR count). The maximum atomic E-state index is 11.1. The number of benzene rings is 3. The summed E-state index contributed by atoms with van der Waals surface area (Å²) in [5.41, 5.74) is 3.74. The average Bonchev–Trinajstić information content (AvgIpc) is 2.58. The van der Waals surface area contributed by atoms with Gasteiger partial charge in [-0.2, -0.15) is 0 Å². The Labute approximate surface area is 128 Å². The molecule has 0 atom stereocenters. The second-order valence-corrected chi connectivity index (χ2v) is 4.81. The van der Waals surface area contributed by atoms with Crippen molar-refractivity contribution < 1.29 is 0 Å². The Bertz CT molecular complexity index is 758. The number of nitroso groups, excluding NO2 is 1. The smallest absolute Gasteiger partial charge is 0.133 e. The lowest BCUT2D eigenvalue weighted by Crippen LogP contribution is -1.93. The van der Waals surface area contributed by atoms with Crippen LogP contribution in [0.5, 0.6) is 0 Å². The Kier molecular flexibility index (Phi) is 4.11. The number of hydrogen-bond donors (Lipinski definition) is 2. The molecule has 0 aromatic heterocycles. The molecule has 0 spiro atoms. The predicted octanol–water partition coefficient (Wildman–Crippen LogP) is 5.57. The van der Waals surface area contributed by atoms with Crippen molar-refractivity contribution in [2.75, 3.05) is 10.6 Å². The minimum Gasteiger partial charge on any atom is -0.355 e. The predicted molar refractivity (Wildman–Crippen MR) is 91.3 cm³/mol. The summed E-state index contributed by atoms with van der Waals surface area (Å²) in [6.07, 6.45) is 0. The molecule has 4 nitrogen and oxygen atoms in total. The van der Waals surface area contributed by atoms with E-state index in [4.69, 9.17) is 0 Å². The van der Waals surface area contributed by atoms with E-state index < -0.39 is 0 Å². The highest BCUT2D eigenvalue weighted by Crippen LogP contribution is 2.31. The van der Waals surface area contributed by atoms with Crippen LogP contribution >= 0.6 is 0 Å². The lowest BCUT2D eigenvalue weighted by molar-refractivity contribution is 1.45. The first-order valence-corrected chi connectivity index (χ1v) is 6.97. The molecule has 0 fully saturated rings. The van der Waals surface area contributed by atoms with Gasteiger partial charge in [-0.3, -0.25) is 0 Å². The first-order valence-electron chi connectivity index (χ1n) is 6.97. The van der Waals surface area contributed by atoms with Gasteiger partial charge in [-0.15, -0.1) is 4.91 Å². The Hall–Kier alpha value is -3.14. The van der Waals surface area contributed by atoms with Gasteiger partial charge < -0.3 is 10.6 Å². The molecule has 22 heavy (non-hydrogen) atoms. The summed E-state index contributed by atoms with van der Waals surface area (Å²) in [6.45, 7) is 0. The van der Waals surface area contributed by atoms with Crippen LogP contribution in [0.15, 0.2) is 84.0 Å². The number of anilines is 4. The van der Waals surface area contributed by atoms with Crippen LogP contribution < -0.4 is 10.6 Å². The van der Waals surface area contributed by atoms with Crippen LogP contribution in [-0.2, 0) is 0 Å². The molecule has 0 aliphatic carbocycles. The lowest BCUT2D eigenvalue weighted by atomic mass is 10.2. The highest BCUT2D eigenvalue weighted by Gasteiger charge is 2.05. The number of para-hydroxylation sites is 2. The number of nitrogens with zero attached hydrogens (tertiary/aromatic N) is 1. The van der Waals surface area contributed by atoms with E-state index >= 15 is 0 Å². The van der Waals surface area contributed by atoms with Gasteiger partial charge in [-0.1, -0.05) is 36.4 Å². The van der Waals surface area contributed by atoms with Crippen molar-refractivity contribution in [1.29, 1.82) is 0 Å². The van der Waals surface area contributed by atoms with Crippen LogP contribution in [0.25, 0.3) is 0 Å². The summed E-state index contributed by atoms with van der Waals surface area (Å²) in [6, 6.07) is 24.9. The number of hydrogen-bond acceptors (Lipinski definition) is 4. The summed E-state index contributed by atoms with van der Waals surface area (Å²) >= 11 is 0. The molecule has 0 aliphatic rings. The molecule has 3 aromatic rings. The molecule has 0 saturated carbocycles. The van der Waals surface area contributed by atoms with Crippen LogP contribution in [0.1, 0.15) is 0 Å². The maximum Gasteiger partial charge on any atom is 0.133 e. The van der Waals surface area contributed by atoms with Gasteiger partial charge in [0.2, 0.25) is 0 Å². The Balaban J connectivity index is 1.83. The fourth-order valence-electron chi connectivity index (χ4n) is 2.16. The van der Waals surface area contributed by atoms with Crippen molar-refractivity contribution >= 4 is 28.4 Å². The van der Waals surface area contributed by atoms with Crippen molar-refractivity contribution in [3.05, 3.63) is 83.8 Å². The summed E-state index contributed by atoms with van der Waals surface area (Å²) in [7, 11) is 0. The molecule has 108 valence electrons. The molecular weight excluding hydrogens is 274 g/mol. The molecule has 0 radical (unpaired) electrons. The maximum absolute atomic E-state index is 11.1. The molecule has 4 heteroatoms. The van der Waals surface area contributed by atoms with Gasteiger partial charge >= 0.3 is 0 Å². The van der Waals surface area contributed by atoms with E-state index in [-0.39, 0.29) is 0 Å². The first-order chi connectivity index (χ1) is 10.8. The van der Waals surface area contributed by atoms with Crippen LogP contribution in [0.4, 0.5) is 28.4 Å². The highest BCUT2D eigenvalue weighted by molar-refractivity contribution is 5.77. The van der Waals surface area contributed by atoms with E-state index in [1.807, 2.05) is 72.8 Å². The zero-order valence-electron chi connectivity index (χ0n) is 11.9. The molecular formula is C18H15N3O. The third-order valence-corrected chi connectivity index (χ3v) is 3.21. The standard InChI is InChI=1S/C18H15N3O/c22-21-18-13-16(19-14-7-3-1-4-8-14)11-12-17(18)20-15-9-5-2-6-10-15/h1-13,19-20H. The minimum absolute atomic E-state index is 0.366. The topological polar surface area (TPSA) is 53.5 Å². The minimum atomic E-state index is 0.366. The first kappa shape index (κ1) is 13.8. The zero-order chi connectivity index (χ0) is 15.2. The summed E-state index contributed by atoms with van der Waals surface area (Å²) in [5.74, 6) is 0. The Morgan fingerprint density at radius 2 is 1.23 bits per heavy atom. The molecule has 0 saturated heterocycles. The van der Waals surface area contributed by atoms with Crippen molar-refractivity contribution in [3.63, 3.8) is 0 Å². The van der Waals surface area contributed by atoms with Gasteiger partial charge in [0.25, 0.3) is 0 Å². The van der Waals surface area contributed by atoms with E-state index in [0.717, 1.165) is 17.1 Å². The van der Waals surface area contributed by atoms with Gasteiger partial charge in [-0.05, 0) is 47.6 Å². The largest absolute Gasteiger partial charge is 0.355 e. The van der Waals surface area contributed by atoms with Crippen molar-refractivity contribution in [2.24, 2.45) is 5.18 Å². The summed E-state index contributed by atoms with van der Waals surface area (Å²) in [5, 5.41) is 9.55. The fourth-order valence-corrected chi connectivity index (χ4v) is 2.16. The molecule has 0 unspecified atom stereocenters. The van der Waals surface area contributed by atoms with E-state index in [1.54, 1.807) is 6.07 Å². The van der Waals surface area contributed by atoms with Crippen molar-refractivity contribution in [2.45, 2.75) is 0 Å². The molecule has 0 heterocycles. The van der Waals surface area contributed by atoms with E-state index in [2.05, 4.69) is 15.8 Å². The zero-order valence-corrected chi connectivity index (χ0v) is 11.9. The summed E-state index contributed by atoms with van der Waals surface area (Å²) < 4.78 is 0. The van der Waals surface area contributed by atoms with E-state index in [1.165, 1.54) is 0 Å². The second-order valence-electron chi connectivity index (χ2n) is 4.81. The molecule has 3 aromatic carbocycles. The average molecular weight is 289 g/mol. The normalized spacial score (nSPS) is 10.0. The third kappa shape index (κ3) is 3.30. The Morgan fingerprint density at radius 3 is 1.82 bits per heavy atom.